The Bertz CT molecular complexity index is 978. The predicted octanol–water partition coefficient (Wildman–Crippen LogP) is 2.55. The van der Waals surface area contributed by atoms with Crippen LogP contribution in [0.15, 0.2) is 54.6 Å². The maximum absolute atomic E-state index is 13.5. The Morgan fingerprint density at radius 2 is 1.73 bits per heavy atom. The highest BCUT2D eigenvalue weighted by molar-refractivity contribution is 6.09. The summed E-state index contributed by atoms with van der Waals surface area (Å²) >= 11 is 0. The van der Waals surface area contributed by atoms with Gasteiger partial charge in [0.05, 0.1) is 18.4 Å². The number of rotatable bonds is 5. The summed E-state index contributed by atoms with van der Waals surface area (Å²) in [6.07, 6.45) is 0. The zero-order valence-corrected chi connectivity index (χ0v) is 16.8. The molecule has 2 aromatic rings. The molecule has 4 rings (SSSR count). The number of carbonyl (C=O) groups is 3. The smallest absolute Gasteiger partial charge is 0.331 e. The molecule has 0 bridgehead atoms. The van der Waals surface area contributed by atoms with Gasteiger partial charge in [0.25, 0.3) is 0 Å². The van der Waals surface area contributed by atoms with Crippen LogP contribution in [0.5, 0.6) is 0 Å². The molecule has 0 radical (unpaired) electrons. The average Bonchev–Trinajstić information content (AvgIpc) is 3.24. The van der Waals surface area contributed by atoms with Gasteiger partial charge in [0.2, 0.25) is 11.8 Å². The standard InChI is InChI=1S/C23H23FN2O4/c1-3-26-20(27)17-18(21(26)28)23(22(29)30-4-2,15-8-6-5-7-9-15)25-19(17)14-10-12-16(24)13-11-14/h5-13,17-19,25H,3-4H2,1-2H3/t17-,18-,19+,23+/m0/s1. The monoisotopic (exact) mass is 410 g/mol. The highest BCUT2D eigenvalue weighted by Gasteiger charge is 2.69. The van der Waals surface area contributed by atoms with E-state index in [2.05, 4.69) is 5.32 Å². The fourth-order valence-electron chi connectivity index (χ4n) is 4.75. The molecular formula is C23H23FN2O4. The minimum Gasteiger partial charge on any atom is -0.464 e. The Labute approximate surface area is 174 Å². The van der Waals surface area contributed by atoms with Gasteiger partial charge in [-0.15, -0.1) is 0 Å². The highest BCUT2D eigenvalue weighted by atomic mass is 19.1. The molecule has 2 fully saturated rings. The second-order valence-electron chi connectivity index (χ2n) is 7.49. The molecule has 0 unspecified atom stereocenters. The van der Waals surface area contributed by atoms with E-state index in [-0.39, 0.29) is 19.1 Å². The lowest BCUT2D eigenvalue weighted by Crippen LogP contribution is -2.53. The van der Waals surface area contributed by atoms with E-state index in [9.17, 15) is 18.8 Å². The van der Waals surface area contributed by atoms with Crippen LogP contribution in [0, 0.1) is 17.7 Å². The van der Waals surface area contributed by atoms with Crippen molar-refractivity contribution in [3.63, 3.8) is 0 Å². The van der Waals surface area contributed by atoms with Gasteiger partial charge in [0.1, 0.15) is 5.82 Å². The molecule has 30 heavy (non-hydrogen) atoms. The molecule has 156 valence electrons. The maximum atomic E-state index is 13.5. The normalized spacial score (nSPS) is 28.0. The first-order valence-corrected chi connectivity index (χ1v) is 10.1. The molecule has 2 aromatic carbocycles. The summed E-state index contributed by atoms with van der Waals surface area (Å²) in [7, 11) is 0. The summed E-state index contributed by atoms with van der Waals surface area (Å²) in [5, 5.41) is 3.28. The molecule has 0 saturated carbocycles. The Morgan fingerprint density at radius 1 is 1.07 bits per heavy atom. The SMILES string of the molecule is CCOC(=O)[C@]1(c2ccccc2)N[C@H](c2ccc(F)cc2)[C@H]2C(=O)N(CC)C(=O)[C@H]21. The number of likely N-dealkylation sites (tertiary alicyclic amines) is 1. The molecule has 7 heteroatoms. The van der Waals surface area contributed by atoms with Crippen LogP contribution in [0.25, 0.3) is 0 Å². The number of amides is 2. The molecule has 0 aliphatic carbocycles. The van der Waals surface area contributed by atoms with Gasteiger partial charge >= 0.3 is 5.97 Å². The number of hydrogen-bond acceptors (Lipinski definition) is 5. The van der Waals surface area contributed by atoms with Crippen molar-refractivity contribution in [2.45, 2.75) is 25.4 Å². The van der Waals surface area contributed by atoms with Gasteiger partial charge < -0.3 is 4.74 Å². The fraction of sp³-hybridized carbons (Fsp3) is 0.348. The number of ether oxygens (including phenoxy) is 1. The van der Waals surface area contributed by atoms with Crippen molar-refractivity contribution in [3.05, 3.63) is 71.5 Å². The van der Waals surface area contributed by atoms with Gasteiger partial charge in [-0.25, -0.2) is 9.18 Å². The number of esters is 1. The van der Waals surface area contributed by atoms with E-state index in [1.807, 2.05) is 6.07 Å². The highest BCUT2D eigenvalue weighted by Crippen LogP contribution is 2.53. The molecule has 2 saturated heterocycles. The quantitative estimate of drug-likeness (QED) is 0.606. The molecule has 0 spiro atoms. The minimum absolute atomic E-state index is 0.132. The number of carbonyl (C=O) groups excluding carboxylic acids is 3. The third-order valence-corrected chi connectivity index (χ3v) is 6.02. The predicted molar refractivity (Wildman–Crippen MR) is 106 cm³/mol. The second kappa shape index (κ2) is 7.65. The van der Waals surface area contributed by atoms with Crippen LogP contribution in [0.2, 0.25) is 0 Å². The lowest BCUT2D eigenvalue weighted by atomic mass is 9.75. The summed E-state index contributed by atoms with van der Waals surface area (Å²) in [6, 6.07) is 14.0. The van der Waals surface area contributed by atoms with Crippen molar-refractivity contribution >= 4 is 17.8 Å². The number of benzene rings is 2. The van der Waals surface area contributed by atoms with Crippen LogP contribution in [0.1, 0.15) is 31.0 Å². The van der Waals surface area contributed by atoms with Crippen LogP contribution in [0.4, 0.5) is 4.39 Å². The van der Waals surface area contributed by atoms with Crippen LogP contribution in [-0.2, 0) is 24.7 Å². The van der Waals surface area contributed by atoms with Crippen molar-refractivity contribution in [2.24, 2.45) is 11.8 Å². The van der Waals surface area contributed by atoms with Gasteiger partial charge in [-0.1, -0.05) is 42.5 Å². The zero-order valence-electron chi connectivity index (χ0n) is 16.8. The third-order valence-electron chi connectivity index (χ3n) is 6.02. The zero-order chi connectivity index (χ0) is 21.5. The molecule has 6 nitrogen and oxygen atoms in total. The summed E-state index contributed by atoms with van der Waals surface area (Å²) < 4.78 is 18.9. The Kier molecular flexibility index (Phi) is 5.15. The summed E-state index contributed by atoms with van der Waals surface area (Å²) in [4.78, 5) is 41.1. The van der Waals surface area contributed by atoms with Crippen molar-refractivity contribution in [1.29, 1.82) is 0 Å². The number of nitrogens with one attached hydrogen (secondary N) is 1. The number of hydrogen-bond donors (Lipinski definition) is 1. The van der Waals surface area contributed by atoms with Gasteiger partial charge in [-0.2, -0.15) is 0 Å². The number of fused-ring (bicyclic) bond motifs is 1. The van der Waals surface area contributed by atoms with Gasteiger partial charge in [-0.3, -0.25) is 19.8 Å². The Balaban J connectivity index is 1.93. The first kappa shape index (κ1) is 20.2. The molecule has 2 amide bonds. The lowest BCUT2D eigenvalue weighted by Gasteiger charge is -2.33. The van der Waals surface area contributed by atoms with Crippen molar-refractivity contribution in [2.75, 3.05) is 13.2 Å². The van der Waals surface area contributed by atoms with E-state index in [4.69, 9.17) is 4.74 Å². The summed E-state index contributed by atoms with van der Waals surface area (Å²) in [6.45, 7) is 3.77. The lowest BCUT2D eigenvalue weighted by molar-refractivity contribution is -0.157. The van der Waals surface area contributed by atoms with E-state index in [1.165, 1.54) is 17.0 Å². The minimum atomic E-state index is -1.52. The molecule has 1 N–H and O–H groups in total. The van der Waals surface area contributed by atoms with Crippen LogP contribution < -0.4 is 5.32 Å². The summed E-state index contributed by atoms with van der Waals surface area (Å²) in [5.74, 6) is -3.50. The molecule has 2 heterocycles. The van der Waals surface area contributed by atoms with Gasteiger partial charge in [0.15, 0.2) is 5.54 Å². The third kappa shape index (κ3) is 2.84. The number of halogens is 1. The second-order valence-corrected chi connectivity index (χ2v) is 7.49. The first-order valence-electron chi connectivity index (χ1n) is 10.1. The van der Waals surface area contributed by atoms with Crippen molar-refractivity contribution in [1.82, 2.24) is 10.2 Å². The number of imide groups is 1. The van der Waals surface area contributed by atoms with E-state index in [1.54, 1.807) is 50.2 Å². The van der Waals surface area contributed by atoms with Gasteiger partial charge in [0, 0.05) is 12.6 Å². The molecule has 0 aromatic heterocycles. The van der Waals surface area contributed by atoms with Gasteiger partial charge in [-0.05, 0) is 37.1 Å². The topological polar surface area (TPSA) is 75.7 Å². The molecular weight excluding hydrogens is 387 g/mol. The van der Waals surface area contributed by atoms with Crippen LogP contribution in [0.3, 0.4) is 0 Å². The summed E-state index contributed by atoms with van der Waals surface area (Å²) in [5.41, 5.74) is -0.327. The van der Waals surface area contributed by atoms with E-state index in [0.29, 0.717) is 11.1 Å². The van der Waals surface area contributed by atoms with E-state index >= 15 is 0 Å². The largest absolute Gasteiger partial charge is 0.464 e. The van der Waals surface area contributed by atoms with Crippen molar-refractivity contribution < 1.29 is 23.5 Å². The van der Waals surface area contributed by atoms with E-state index < -0.39 is 41.1 Å². The van der Waals surface area contributed by atoms with Crippen LogP contribution >= 0.6 is 0 Å². The van der Waals surface area contributed by atoms with Crippen LogP contribution in [-0.4, -0.2) is 35.8 Å². The molecule has 4 atom stereocenters. The molecule has 2 aliphatic rings. The Morgan fingerprint density at radius 3 is 2.33 bits per heavy atom. The average molecular weight is 410 g/mol. The first-order chi connectivity index (χ1) is 14.5. The van der Waals surface area contributed by atoms with Crippen molar-refractivity contribution in [3.8, 4) is 0 Å². The van der Waals surface area contributed by atoms with E-state index in [0.717, 1.165) is 0 Å². The fourth-order valence-corrected chi connectivity index (χ4v) is 4.75. The maximum Gasteiger partial charge on any atom is 0.331 e. The molecule has 2 aliphatic heterocycles. The Hall–Kier alpha value is -3.06. The number of nitrogens with zero attached hydrogens (tertiary/aromatic N) is 1.